The van der Waals surface area contributed by atoms with E-state index < -0.39 is 0 Å². The first-order chi connectivity index (χ1) is 12.1. The van der Waals surface area contributed by atoms with Gasteiger partial charge < -0.3 is 9.88 Å². The van der Waals surface area contributed by atoms with Crippen LogP contribution in [-0.4, -0.2) is 43.6 Å². The van der Waals surface area contributed by atoms with Crippen molar-refractivity contribution in [1.29, 1.82) is 0 Å². The second-order valence-corrected chi connectivity index (χ2v) is 6.45. The van der Waals surface area contributed by atoms with Gasteiger partial charge in [0.1, 0.15) is 18.2 Å². The van der Waals surface area contributed by atoms with E-state index >= 15 is 0 Å². The highest BCUT2D eigenvalue weighted by atomic mass is 16.2. The molecule has 1 aliphatic heterocycles. The van der Waals surface area contributed by atoms with E-state index in [0.717, 1.165) is 23.9 Å². The standard InChI is InChI=1S/C18H19N5O2/c1-12-4-2-6-14-16(12)20-8-15(17(14)24)18(25)22-7-3-5-13(9-22)23-11-19-10-21-23/h2,4,6,8,10-11,13H,3,5,7,9H2,1H3,(H,20,24)/t13-/m0/s1. The summed E-state index contributed by atoms with van der Waals surface area (Å²) in [4.78, 5) is 34.5. The van der Waals surface area contributed by atoms with Crippen molar-refractivity contribution in [1.82, 2.24) is 24.6 Å². The molecule has 0 spiro atoms. The minimum Gasteiger partial charge on any atom is -0.360 e. The number of aromatic nitrogens is 4. The molecule has 4 rings (SSSR count). The summed E-state index contributed by atoms with van der Waals surface area (Å²) >= 11 is 0. The Morgan fingerprint density at radius 3 is 3.04 bits per heavy atom. The maximum atomic E-state index is 12.9. The van der Waals surface area contributed by atoms with E-state index in [9.17, 15) is 9.59 Å². The lowest BCUT2D eigenvalue weighted by molar-refractivity contribution is 0.0671. The Bertz CT molecular complexity index is 977. The molecular formula is C18H19N5O2. The molecule has 7 heteroatoms. The molecule has 0 radical (unpaired) electrons. The van der Waals surface area contributed by atoms with E-state index in [-0.39, 0.29) is 22.9 Å². The number of carbonyl (C=O) groups excluding carboxylic acids is 1. The number of nitrogens with one attached hydrogen (secondary N) is 1. The van der Waals surface area contributed by atoms with Crippen molar-refractivity contribution in [3.8, 4) is 0 Å². The Labute approximate surface area is 144 Å². The molecule has 1 amide bonds. The summed E-state index contributed by atoms with van der Waals surface area (Å²) in [5, 5.41) is 4.73. The monoisotopic (exact) mass is 337 g/mol. The lowest BCUT2D eigenvalue weighted by Gasteiger charge is -2.32. The number of rotatable bonds is 2. The number of carbonyl (C=O) groups is 1. The van der Waals surface area contributed by atoms with Gasteiger partial charge in [-0.05, 0) is 31.4 Å². The van der Waals surface area contributed by atoms with Crippen LogP contribution in [0.4, 0.5) is 0 Å². The molecule has 1 aromatic carbocycles. The highest BCUT2D eigenvalue weighted by Gasteiger charge is 2.27. The molecule has 3 heterocycles. The molecule has 0 bridgehead atoms. The van der Waals surface area contributed by atoms with E-state index in [1.165, 1.54) is 6.33 Å². The Kier molecular flexibility index (Phi) is 3.83. The number of amides is 1. The third-order valence-electron chi connectivity index (χ3n) is 4.85. The topological polar surface area (TPSA) is 83.9 Å². The third-order valence-corrected chi connectivity index (χ3v) is 4.85. The quantitative estimate of drug-likeness (QED) is 0.774. The number of pyridine rings is 1. The molecule has 1 aliphatic rings. The van der Waals surface area contributed by atoms with Crippen molar-refractivity contribution < 1.29 is 4.79 Å². The molecule has 25 heavy (non-hydrogen) atoms. The van der Waals surface area contributed by atoms with Crippen LogP contribution in [0.3, 0.4) is 0 Å². The normalized spacial score (nSPS) is 17.8. The molecule has 1 N–H and O–H groups in total. The summed E-state index contributed by atoms with van der Waals surface area (Å²) in [6, 6.07) is 5.63. The highest BCUT2D eigenvalue weighted by molar-refractivity contribution is 5.97. The number of hydrogen-bond donors (Lipinski definition) is 1. The van der Waals surface area contributed by atoms with Gasteiger partial charge in [-0.2, -0.15) is 5.10 Å². The lowest BCUT2D eigenvalue weighted by Crippen LogP contribution is -2.42. The summed E-state index contributed by atoms with van der Waals surface area (Å²) in [7, 11) is 0. The smallest absolute Gasteiger partial charge is 0.259 e. The molecule has 7 nitrogen and oxygen atoms in total. The van der Waals surface area contributed by atoms with Crippen molar-refractivity contribution in [2.24, 2.45) is 0 Å². The van der Waals surface area contributed by atoms with Crippen molar-refractivity contribution >= 4 is 16.8 Å². The third kappa shape index (κ3) is 2.71. The van der Waals surface area contributed by atoms with Crippen molar-refractivity contribution in [3.05, 3.63) is 58.4 Å². The number of likely N-dealkylation sites (tertiary alicyclic amines) is 1. The van der Waals surface area contributed by atoms with E-state index in [1.807, 2.05) is 19.1 Å². The fraction of sp³-hybridized carbons (Fsp3) is 0.333. The first-order valence-electron chi connectivity index (χ1n) is 8.39. The molecule has 1 fully saturated rings. The van der Waals surface area contributed by atoms with E-state index in [0.29, 0.717) is 18.5 Å². The lowest BCUT2D eigenvalue weighted by atomic mass is 10.0. The minimum atomic E-state index is -0.227. The van der Waals surface area contributed by atoms with Crippen molar-refractivity contribution in [2.75, 3.05) is 13.1 Å². The van der Waals surface area contributed by atoms with Gasteiger partial charge in [0.05, 0.1) is 11.6 Å². The number of benzene rings is 1. The van der Waals surface area contributed by atoms with Crippen LogP contribution >= 0.6 is 0 Å². The molecule has 1 saturated heterocycles. The van der Waals surface area contributed by atoms with Gasteiger partial charge >= 0.3 is 0 Å². The first-order valence-corrected chi connectivity index (χ1v) is 8.39. The van der Waals surface area contributed by atoms with Crippen LogP contribution in [0.1, 0.15) is 34.8 Å². The summed E-state index contributed by atoms with van der Waals surface area (Å²) in [6.45, 7) is 3.12. The van der Waals surface area contributed by atoms with Gasteiger partial charge in [0.2, 0.25) is 5.43 Å². The molecule has 1 atom stereocenters. The van der Waals surface area contributed by atoms with Crippen molar-refractivity contribution in [2.45, 2.75) is 25.8 Å². The number of para-hydroxylation sites is 1. The van der Waals surface area contributed by atoms with E-state index in [2.05, 4.69) is 15.1 Å². The number of nitrogens with zero attached hydrogens (tertiary/aromatic N) is 4. The Morgan fingerprint density at radius 1 is 1.36 bits per heavy atom. The summed E-state index contributed by atoms with van der Waals surface area (Å²) in [5.41, 5.74) is 1.74. The van der Waals surface area contributed by atoms with Gasteiger partial charge in [0.15, 0.2) is 0 Å². The number of aryl methyl sites for hydroxylation is 1. The van der Waals surface area contributed by atoms with Crippen LogP contribution in [0.2, 0.25) is 0 Å². The maximum Gasteiger partial charge on any atom is 0.259 e. The van der Waals surface area contributed by atoms with Crippen LogP contribution in [-0.2, 0) is 0 Å². The Hall–Kier alpha value is -2.96. The van der Waals surface area contributed by atoms with E-state index in [4.69, 9.17) is 0 Å². The molecular weight excluding hydrogens is 318 g/mol. The van der Waals surface area contributed by atoms with Crippen LogP contribution in [0.5, 0.6) is 0 Å². The maximum absolute atomic E-state index is 12.9. The molecule has 0 unspecified atom stereocenters. The fourth-order valence-corrected chi connectivity index (χ4v) is 3.49. The summed E-state index contributed by atoms with van der Waals surface area (Å²) in [6.07, 6.45) is 6.53. The van der Waals surface area contributed by atoms with E-state index in [1.54, 1.807) is 28.2 Å². The molecule has 3 aromatic rings. The van der Waals surface area contributed by atoms with Gasteiger partial charge in [-0.15, -0.1) is 0 Å². The Morgan fingerprint density at radius 2 is 2.24 bits per heavy atom. The second-order valence-electron chi connectivity index (χ2n) is 6.45. The molecule has 128 valence electrons. The summed E-state index contributed by atoms with van der Waals surface area (Å²) in [5.74, 6) is -0.227. The molecule has 0 aliphatic carbocycles. The van der Waals surface area contributed by atoms with Gasteiger partial charge in [-0.3, -0.25) is 9.59 Å². The first kappa shape index (κ1) is 15.6. The fourth-order valence-electron chi connectivity index (χ4n) is 3.49. The van der Waals surface area contributed by atoms with Crippen molar-refractivity contribution in [3.63, 3.8) is 0 Å². The zero-order valence-electron chi connectivity index (χ0n) is 14.0. The average molecular weight is 337 g/mol. The Balaban J connectivity index is 1.66. The van der Waals surface area contributed by atoms with Gasteiger partial charge in [0, 0.05) is 24.7 Å². The number of fused-ring (bicyclic) bond motifs is 1. The van der Waals surface area contributed by atoms with Crippen LogP contribution in [0.25, 0.3) is 10.9 Å². The predicted molar refractivity (Wildman–Crippen MR) is 93.5 cm³/mol. The van der Waals surface area contributed by atoms with Gasteiger partial charge in [-0.1, -0.05) is 12.1 Å². The van der Waals surface area contributed by atoms with Crippen LogP contribution in [0, 0.1) is 6.92 Å². The largest absolute Gasteiger partial charge is 0.360 e. The number of H-pyrrole nitrogens is 1. The SMILES string of the molecule is Cc1cccc2c(=O)c(C(=O)N3CCC[C@H](n4cncn4)C3)c[nH]c12. The summed E-state index contributed by atoms with van der Waals surface area (Å²) < 4.78 is 1.79. The number of hydrogen-bond acceptors (Lipinski definition) is 4. The molecule has 2 aromatic heterocycles. The average Bonchev–Trinajstić information content (AvgIpc) is 3.17. The second kappa shape index (κ2) is 6.16. The zero-order chi connectivity index (χ0) is 17.4. The zero-order valence-corrected chi connectivity index (χ0v) is 14.0. The predicted octanol–water partition coefficient (Wildman–Crippen LogP) is 1.91. The number of piperidine rings is 1. The van der Waals surface area contributed by atoms with Crippen LogP contribution in [0.15, 0.2) is 41.8 Å². The van der Waals surface area contributed by atoms with Crippen LogP contribution < -0.4 is 5.43 Å². The highest BCUT2D eigenvalue weighted by Crippen LogP contribution is 2.22. The number of aromatic amines is 1. The van der Waals surface area contributed by atoms with Gasteiger partial charge in [0.25, 0.3) is 5.91 Å². The molecule has 0 saturated carbocycles. The minimum absolute atomic E-state index is 0.0991. The van der Waals surface area contributed by atoms with Gasteiger partial charge in [-0.25, -0.2) is 9.67 Å².